The van der Waals surface area contributed by atoms with Crippen molar-refractivity contribution in [3.8, 4) is 0 Å². The van der Waals surface area contributed by atoms with E-state index in [2.05, 4.69) is 41.5 Å². The Hall–Kier alpha value is -1.94. The topological polar surface area (TPSA) is 237 Å². The second kappa shape index (κ2) is 64.1. The van der Waals surface area contributed by atoms with Gasteiger partial charge in [-0.25, -0.2) is 9.13 Å². The molecule has 0 aliphatic heterocycles. The average Bonchev–Trinajstić information content (AvgIpc) is 2.22. The van der Waals surface area contributed by atoms with Gasteiger partial charge in [-0.1, -0.05) is 318 Å². The van der Waals surface area contributed by atoms with Crippen molar-refractivity contribution in [1.29, 1.82) is 0 Å². The fourth-order valence-electron chi connectivity index (χ4n) is 10.9. The Balaban J connectivity index is 5.21. The van der Waals surface area contributed by atoms with Crippen LogP contribution >= 0.6 is 15.6 Å². The lowest BCUT2D eigenvalue weighted by Crippen LogP contribution is -2.30. The van der Waals surface area contributed by atoms with Crippen LogP contribution in [0.2, 0.25) is 0 Å². The molecule has 0 bridgehead atoms. The summed E-state index contributed by atoms with van der Waals surface area (Å²) in [5.41, 5.74) is 0. The molecule has 0 spiro atoms. The van der Waals surface area contributed by atoms with E-state index in [1.54, 1.807) is 0 Å². The van der Waals surface area contributed by atoms with Crippen molar-refractivity contribution in [2.75, 3.05) is 39.6 Å². The van der Waals surface area contributed by atoms with E-state index in [9.17, 15) is 43.2 Å². The highest BCUT2D eigenvalue weighted by Crippen LogP contribution is 2.45. The Morgan fingerprint density at radius 2 is 0.560 bits per heavy atom. The number of aliphatic hydroxyl groups excluding tert-OH is 1. The lowest BCUT2D eigenvalue weighted by molar-refractivity contribution is -0.161. The van der Waals surface area contributed by atoms with Gasteiger partial charge in [0.2, 0.25) is 0 Å². The summed E-state index contributed by atoms with van der Waals surface area (Å²) in [5.74, 6) is -0.610. The molecule has 540 valence electrons. The molecule has 0 amide bonds. The highest BCUT2D eigenvalue weighted by atomic mass is 31.2. The Morgan fingerprint density at radius 3 is 0.835 bits per heavy atom. The predicted molar refractivity (Wildman–Crippen MR) is 368 cm³/mol. The Kier molecular flexibility index (Phi) is 62.7. The highest BCUT2D eigenvalue weighted by Gasteiger charge is 2.30. The molecule has 0 aliphatic carbocycles. The number of aliphatic hydroxyl groups is 1. The van der Waals surface area contributed by atoms with Gasteiger partial charge in [0.1, 0.15) is 19.3 Å². The molecule has 0 aliphatic rings. The molecule has 0 aromatic rings. The summed E-state index contributed by atoms with van der Waals surface area (Å²) in [6.45, 7) is 9.51. The van der Waals surface area contributed by atoms with Crippen molar-refractivity contribution >= 4 is 39.5 Å². The Morgan fingerprint density at radius 1 is 0.319 bits per heavy atom. The molecule has 0 saturated heterocycles. The van der Waals surface area contributed by atoms with Gasteiger partial charge in [0, 0.05) is 25.7 Å². The fraction of sp³-hybridized carbons (Fsp3) is 0.944. The van der Waals surface area contributed by atoms with E-state index in [-0.39, 0.29) is 25.7 Å². The number of hydrogen-bond acceptors (Lipinski definition) is 15. The third-order valence-corrected chi connectivity index (χ3v) is 19.0. The second-order valence-electron chi connectivity index (χ2n) is 26.7. The first-order valence-corrected chi connectivity index (χ1v) is 40.5. The molecule has 0 aromatic carbocycles. The van der Waals surface area contributed by atoms with E-state index in [0.29, 0.717) is 25.7 Å². The molecule has 19 heteroatoms. The van der Waals surface area contributed by atoms with Crippen LogP contribution in [-0.4, -0.2) is 96.7 Å². The van der Waals surface area contributed by atoms with Crippen molar-refractivity contribution in [2.45, 2.75) is 387 Å². The minimum Gasteiger partial charge on any atom is -0.462 e. The quantitative estimate of drug-likeness (QED) is 0.0222. The standard InChI is InChI=1S/C72H140O17P2/c1-7-10-12-14-16-18-19-20-21-22-26-29-32-36-43-49-55-70(75)83-60-67(88-71(76)56-50-44-37-33-30-27-24-23-25-28-31-34-40-46-52-64(4)5)62-86-90(78,79)84-58-66(73)59-85-91(80,81)87-63-68(61-82-69(74)54-48-42-35-17-15-13-11-8-2)89-72(77)57-51-45-39-38-41-47-53-65(6)9-3/h64-68,73H,7-63H2,1-6H3,(H,78,79)(H,80,81)/t65?,66-,67-,68-/m1/s1. The van der Waals surface area contributed by atoms with E-state index in [1.807, 2.05) is 0 Å². The van der Waals surface area contributed by atoms with Crippen molar-refractivity contribution < 1.29 is 80.2 Å². The zero-order valence-electron chi connectivity index (χ0n) is 59.1. The molecule has 0 rings (SSSR count). The molecular formula is C72H140O17P2. The molecule has 6 atom stereocenters. The Bertz CT molecular complexity index is 1770. The van der Waals surface area contributed by atoms with Gasteiger partial charge in [-0.3, -0.25) is 37.3 Å². The van der Waals surface area contributed by atoms with Gasteiger partial charge in [0.15, 0.2) is 12.2 Å². The highest BCUT2D eigenvalue weighted by molar-refractivity contribution is 7.47. The molecule has 17 nitrogen and oxygen atoms in total. The first-order chi connectivity index (χ1) is 43.9. The van der Waals surface area contributed by atoms with Crippen molar-refractivity contribution in [2.24, 2.45) is 11.8 Å². The minimum absolute atomic E-state index is 0.103. The van der Waals surface area contributed by atoms with Crippen LogP contribution in [0.3, 0.4) is 0 Å². The number of esters is 4. The smallest absolute Gasteiger partial charge is 0.462 e. The third kappa shape index (κ3) is 65.1. The molecule has 3 N–H and O–H groups in total. The van der Waals surface area contributed by atoms with E-state index < -0.39 is 97.5 Å². The zero-order chi connectivity index (χ0) is 67.2. The van der Waals surface area contributed by atoms with Gasteiger partial charge < -0.3 is 33.8 Å². The van der Waals surface area contributed by atoms with E-state index in [0.717, 1.165) is 108 Å². The zero-order valence-corrected chi connectivity index (χ0v) is 60.9. The van der Waals surface area contributed by atoms with Gasteiger partial charge in [0.25, 0.3) is 0 Å². The van der Waals surface area contributed by atoms with Crippen LogP contribution in [0.25, 0.3) is 0 Å². The third-order valence-electron chi connectivity index (χ3n) is 17.1. The van der Waals surface area contributed by atoms with Crippen LogP contribution in [-0.2, 0) is 65.4 Å². The number of carbonyl (C=O) groups excluding carboxylic acids is 4. The molecule has 91 heavy (non-hydrogen) atoms. The molecule has 0 radical (unpaired) electrons. The van der Waals surface area contributed by atoms with Crippen molar-refractivity contribution in [3.63, 3.8) is 0 Å². The van der Waals surface area contributed by atoms with E-state index in [4.69, 9.17) is 37.0 Å². The van der Waals surface area contributed by atoms with Crippen LogP contribution in [0, 0.1) is 11.8 Å². The number of phosphoric ester groups is 2. The summed E-state index contributed by atoms with van der Waals surface area (Å²) < 4.78 is 68.3. The van der Waals surface area contributed by atoms with Crippen molar-refractivity contribution in [3.05, 3.63) is 0 Å². The number of unbranched alkanes of at least 4 members (excludes halogenated alkanes) is 40. The summed E-state index contributed by atoms with van der Waals surface area (Å²) in [6, 6.07) is 0. The molecule has 0 aromatic heterocycles. The molecular weight excluding hydrogens is 1200 g/mol. The van der Waals surface area contributed by atoms with Gasteiger partial charge in [-0.2, -0.15) is 0 Å². The SMILES string of the molecule is CCCCCCCCCCCCCCCCCCC(=O)OC[C@H](COP(=O)(O)OC[C@@H](O)COP(=O)(O)OC[C@@H](COC(=O)CCCCCCCCCC)OC(=O)CCCCCCCCC(C)CC)OC(=O)CCCCCCCCCCCCCCCCC(C)C. The number of rotatable bonds is 71. The predicted octanol–water partition coefficient (Wildman–Crippen LogP) is 20.8. The van der Waals surface area contributed by atoms with Gasteiger partial charge in [0.05, 0.1) is 26.4 Å². The average molecular weight is 1340 g/mol. The molecule has 0 saturated carbocycles. The lowest BCUT2D eigenvalue weighted by Gasteiger charge is -2.21. The first-order valence-electron chi connectivity index (χ1n) is 37.5. The van der Waals surface area contributed by atoms with Gasteiger partial charge in [-0.05, 0) is 37.5 Å². The molecule has 0 fully saturated rings. The maximum Gasteiger partial charge on any atom is 0.472 e. The monoisotopic (exact) mass is 1340 g/mol. The maximum atomic E-state index is 13.0. The van der Waals surface area contributed by atoms with Crippen LogP contribution in [0.4, 0.5) is 0 Å². The Labute approximate surface area is 556 Å². The summed E-state index contributed by atoms with van der Waals surface area (Å²) >= 11 is 0. The van der Waals surface area contributed by atoms with Gasteiger partial charge >= 0.3 is 39.5 Å². The van der Waals surface area contributed by atoms with Crippen LogP contribution in [0.15, 0.2) is 0 Å². The number of carbonyl (C=O) groups is 4. The normalized spacial score (nSPS) is 14.4. The van der Waals surface area contributed by atoms with Crippen LogP contribution < -0.4 is 0 Å². The number of hydrogen-bond donors (Lipinski definition) is 3. The summed E-state index contributed by atoms with van der Waals surface area (Å²) in [6.07, 6.45) is 50.1. The summed E-state index contributed by atoms with van der Waals surface area (Å²) in [5, 5.41) is 10.6. The van der Waals surface area contributed by atoms with Gasteiger partial charge in [-0.15, -0.1) is 0 Å². The van der Waals surface area contributed by atoms with E-state index in [1.165, 1.54) is 180 Å². The molecule has 3 unspecified atom stereocenters. The largest absolute Gasteiger partial charge is 0.472 e. The fourth-order valence-corrected chi connectivity index (χ4v) is 12.5. The van der Waals surface area contributed by atoms with Crippen molar-refractivity contribution in [1.82, 2.24) is 0 Å². The van der Waals surface area contributed by atoms with E-state index >= 15 is 0 Å². The van der Waals surface area contributed by atoms with Crippen LogP contribution in [0.1, 0.15) is 369 Å². The number of phosphoric acid groups is 2. The number of ether oxygens (including phenoxy) is 4. The summed E-state index contributed by atoms with van der Waals surface area (Å²) in [7, 11) is -9.90. The first kappa shape index (κ1) is 89.1. The lowest BCUT2D eigenvalue weighted by atomic mass is 10.00. The summed E-state index contributed by atoms with van der Waals surface area (Å²) in [4.78, 5) is 72.5. The second-order valence-corrected chi connectivity index (χ2v) is 29.6. The molecule has 0 heterocycles. The maximum absolute atomic E-state index is 13.0. The minimum atomic E-state index is -4.95. The van der Waals surface area contributed by atoms with Crippen LogP contribution in [0.5, 0.6) is 0 Å².